The van der Waals surface area contributed by atoms with E-state index < -0.39 is 6.04 Å². The third kappa shape index (κ3) is 2.71. The molecule has 0 bridgehead atoms. The molecule has 2 aromatic heterocycles. The van der Waals surface area contributed by atoms with E-state index in [0.29, 0.717) is 11.5 Å². The van der Waals surface area contributed by atoms with Crippen molar-refractivity contribution in [2.75, 3.05) is 0 Å². The number of hydrogen-bond donors (Lipinski definition) is 1. The molecule has 1 aromatic carbocycles. The summed E-state index contributed by atoms with van der Waals surface area (Å²) in [7, 11) is 0. The molecule has 2 heterocycles. The quantitative estimate of drug-likeness (QED) is 0.798. The van der Waals surface area contributed by atoms with Crippen LogP contribution >= 0.6 is 0 Å². The number of aromatic nitrogens is 2. The van der Waals surface area contributed by atoms with Gasteiger partial charge in [-0.25, -0.2) is 4.98 Å². The molecule has 0 aliphatic heterocycles. The molecule has 0 saturated heterocycles. The molecule has 0 saturated carbocycles. The van der Waals surface area contributed by atoms with Gasteiger partial charge >= 0.3 is 0 Å². The second-order valence-electron chi connectivity index (χ2n) is 5.12. The number of nitrogens with zero attached hydrogens (tertiary/aromatic N) is 2. The van der Waals surface area contributed by atoms with E-state index in [-0.39, 0.29) is 0 Å². The van der Waals surface area contributed by atoms with Gasteiger partial charge in [0.2, 0.25) is 0 Å². The van der Waals surface area contributed by atoms with E-state index in [9.17, 15) is 0 Å². The van der Waals surface area contributed by atoms with Crippen LogP contribution < -0.4 is 5.73 Å². The zero-order valence-electron chi connectivity index (χ0n) is 12.1. The first-order valence-electron chi connectivity index (χ1n) is 6.83. The van der Waals surface area contributed by atoms with Crippen LogP contribution in [-0.4, -0.2) is 9.97 Å². The molecule has 0 spiro atoms. The second-order valence-corrected chi connectivity index (χ2v) is 5.12. The highest BCUT2D eigenvalue weighted by atomic mass is 16.3. The smallest absolute Gasteiger partial charge is 0.126 e. The molecular formula is C17H17N3O. The van der Waals surface area contributed by atoms with Gasteiger partial charge in [0.1, 0.15) is 11.8 Å². The average Bonchev–Trinajstić information content (AvgIpc) is 3.04. The van der Waals surface area contributed by atoms with Crippen molar-refractivity contribution in [3.63, 3.8) is 0 Å². The Morgan fingerprint density at radius 2 is 1.95 bits per heavy atom. The lowest BCUT2D eigenvalue weighted by Gasteiger charge is -2.10. The Hall–Kier alpha value is -2.46. The van der Waals surface area contributed by atoms with E-state index in [4.69, 9.17) is 10.2 Å². The molecular weight excluding hydrogens is 262 g/mol. The second kappa shape index (κ2) is 5.50. The normalized spacial score (nSPS) is 12.3. The van der Waals surface area contributed by atoms with Crippen molar-refractivity contribution >= 4 is 0 Å². The molecule has 0 aliphatic carbocycles. The van der Waals surface area contributed by atoms with Crippen LogP contribution in [0.3, 0.4) is 0 Å². The van der Waals surface area contributed by atoms with Gasteiger partial charge in [0.05, 0.1) is 30.0 Å². The summed E-state index contributed by atoms with van der Waals surface area (Å²) in [5, 5.41) is 0. The van der Waals surface area contributed by atoms with Crippen LogP contribution in [0.1, 0.15) is 28.6 Å². The van der Waals surface area contributed by atoms with Gasteiger partial charge in [0.15, 0.2) is 0 Å². The SMILES string of the molecule is Cc1ccc(-c2cncc(C(N)c3ccco3)n2)cc1C. The fourth-order valence-corrected chi connectivity index (χ4v) is 2.18. The number of rotatable bonds is 3. The average molecular weight is 279 g/mol. The van der Waals surface area contributed by atoms with Crippen LogP contribution in [0.5, 0.6) is 0 Å². The van der Waals surface area contributed by atoms with Crippen LogP contribution in [0, 0.1) is 13.8 Å². The first-order chi connectivity index (χ1) is 10.1. The fourth-order valence-electron chi connectivity index (χ4n) is 2.18. The number of benzene rings is 1. The van der Waals surface area contributed by atoms with Crippen molar-refractivity contribution in [3.8, 4) is 11.3 Å². The molecule has 3 aromatic rings. The maximum absolute atomic E-state index is 6.17. The molecule has 106 valence electrons. The Bertz CT molecular complexity index is 750. The lowest BCUT2D eigenvalue weighted by molar-refractivity contribution is 0.486. The Morgan fingerprint density at radius 1 is 1.10 bits per heavy atom. The van der Waals surface area contributed by atoms with Crippen molar-refractivity contribution < 1.29 is 4.42 Å². The highest BCUT2D eigenvalue weighted by molar-refractivity contribution is 5.60. The summed E-state index contributed by atoms with van der Waals surface area (Å²) in [5.41, 5.74) is 11.2. The van der Waals surface area contributed by atoms with Gasteiger partial charge in [-0.15, -0.1) is 0 Å². The van der Waals surface area contributed by atoms with E-state index >= 15 is 0 Å². The number of furan rings is 1. The number of nitrogens with two attached hydrogens (primary N) is 1. The van der Waals surface area contributed by atoms with Crippen LogP contribution in [0.4, 0.5) is 0 Å². The summed E-state index contributed by atoms with van der Waals surface area (Å²) >= 11 is 0. The van der Waals surface area contributed by atoms with Crippen LogP contribution in [0.2, 0.25) is 0 Å². The molecule has 0 radical (unpaired) electrons. The number of aryl methyl sites for hydroxylation is 2. The summed E-state index contributed by atoms with van der Waals surface area (Å²) in [4.78, 5) is 8.88. The van der Waals surface area contributed by atoms with Crippen molar-refractivity contribution in [2.45, 2.75) is 19.9 Å². The van der Waals surface area contributed by atoms with E-state index in [0.717, 1.165) is 11.3 Å². The summed E-state index contributed by atoms with van der Waals surface area (Å²) in [5.74, 6) is 0.682. The Kier molecular flexibility index (Phi) is 3.54. The Morgan fingerprint density at radius 3 is 2.67 bits per heavy atom. The molecule has 4 nitrogen and oxygen atoms in total. The van der Waals surface area contributed by atoms with Crippen LogP contribution in [0.25, 0.3) is 11.3 Å². The van der Waals surface area contributed by atoms with E-state index in [2.05, 4.69) is 42.0 Å². The van der Waals surface area contributed by atoms with E-state index in [1.165, 1.54) is 11.1 Å². The number of hydrogen-bond acceptors (Lipinski definition) is 4. The molecule has 0 fully saturated rings. The molecule has 4 heteroatoms. The summed E-state index contributed by atoms with van der Waals surface area (Å²) in [6.45, 7) is 4.18. The Balaban J connectivity index is 1.98. The minimum atomic E-state index is -0.404. The van der Waals surface area contributed by atoms with Gasteiger partial charge in [-0.3, -0.25) is 4.98 Å². The van der Waals surface area contributed by atoms with Crippen molar-refractivity contribution in [1.82, 2.24) is 9.97 Å². The molecule has 0 amide bonds. The minimum absolute atomic E-state index is 0.404. The topological polar surface area (TPSA) is 64.9 Å². The first kappa shape index (κ1) is 13.5. The Labute approximate surface area is 123 Å². The zero-order valence-corrected chi connectivity index (χ0v) is 12.1. The van der Waals surface area contributed by atoms with Gasteiger partial charge in [-0.2, -0.15) is 0 Å². The molecule has 0 aliphatic rings. The summed E-state index contributed by atoms with van der Waals surface area (Å²) in [6, 6.07) is 9.51. The van der Waals surface area contributed by atoms with E-state index in [1.807, 2.05) is 12.1 Å². The minimum Gasteiger partial charge on any atom is -0.467 e. The molecule has 3 rings (SSSR count). The predicted molar refractivity (Wildman–Crippen MR) is 81.7 cm³/mol. The molecule has 21 heavy (non-hydrogen) atoms. The third-order valence-corrected chi connectivity index (χ3v) is 3.62. The molecule has 1 atom stereocenters. The van der Waals surface area contributed by atoms with Gasteiger partial charge in [0, 0.05) is 5.56 Å². The van der Waals surface area contributed by atoms with Crippen molar-refractivity contribution in [3.05, 3.63) is 71.6 Å². The van der Waals surface area contributed by atoms with Gasteiger partial charge in [0.25, 0.3) is 0 Å². The standard InChI is InChI=1S/C17H17N3O/c1-11-5-6-13(8-12(11)2)14-9-19-10-15(20-14)17(18)16-4-3-7-21-16/h3-10,17H,18H2,1-2H3. The maximum Gasteiger partial charge on any atom is 0.126 e. The molecule has 2 N–H and O–H groups in total. The summed E-state index contributed by atoms with van der Waals surface area (Å²) < 4.78 is 5.34. The lowest BCUT2D eigenvalue weighted by atomic mass is 10.0. The van der Waals surface area contributed by atoms with Crippen LogP contribution in [0.15, 0.2) is 53.4 Å². The van der Waals surface area contributed by atoms with Gasteiger partial charge in [-0.1, -0.05) is 12.1 Å². The highest BCUT2D eigenvalue weighted by Gasteiger charge is 2.14. The van der Waals surface area contributed by atoms with Gasteiger partial charge < -0.3 is 10.2 Å². The monoisotopic (exact) mass is 279 g/mol. The van der Waals surface area contributed by atoms with Gasteiger partial charge in [-0.05, 0) is 43.2 Å². The van der Waals surface area contributed by atoms with Crippen LogP contribution in [-0.2, 0) is 0 Å². The highest BCUT2D eigenvalue weighted by Crippen LogP contribution is 2.23. The third-order valence-electron chi connectivity index (χ3n) is 3.62. The molecule has 1 unspecified atom stereocenters. The van der Waals surface area contributed by atoms with E-state index in [1.54, 1.807) is 18.7 Å². The predicted octanol–water partition coefficient (Wildman–Crippen LogP) is 3.40. The summed E-state index contributed by atoms with van der Waals surface area (Å²) in [6.07, 6.45) is 5.04. The lowest BCUT2D eigenvalue weighted by Crippen LogP contribution is -2.13. The van der Waals surface area contributed by atoms with Crippen molar-refractivity contribution in [2.24, 2.45) is 5.73 Å². The first-order valence-corrected chi connectivity index (χ1v) is 6.83. The van der Waals surface area contributed by atoms with Crippen molar-refractivity contribution in [1.29, 1.82) is 0 Å². The fraction of sp³-hybridized carbons (Fsp3) is 0.176. The largest absolute Gasteiger partial charge is 0.467 e. The maximum atomic E-state index is 6.17. The zero-order chi connectivity index (χ0) is 14.8.